The van der Waals surface area contributed by atoms with Crippen LogP contribution in [0.25, 0.3) is 0 Å². The number of hydrogen-bond acceptors (Lipinski definition) is 4. The van der Waals surface area contributed by atoms with Crippen LogP contribution in [0.5, 0.6) is 0 Å². The summed E-state index contributed by atoms with van der Waals surface area (Å²) in [7, 11) is 0. The maximum Gasteiger partial charge on any atom is 0.0783 e. The summed E-state index contributed by atoms with van der Waals surface area (Å²) in [4.78, 5) is 1.55. The number of hydrogen-bond donors (Lipinski definition) is 1. The highest BCUT2D eigenvalue weighted by Crippen LogP contribution is 2.45. The van der Waals surface area contributed by atoms with Gasteiger partial charge in [0.1, 0.15) is 0 Å². The van der Waals surface area contributed by atoms with Crippen LogP contribution in [0.4, 0.5) is 0 Å². The molecular formula is C17H27NOS2. The van der Waals surface area contributed by atoms with Gasteiger partial charge in [0.05, 0.1) is 5.60 Å². The molecule has 0 aliphatic carbocycles. The maximum atomic E-state index is 6.21. The Labute approximate surface area is 137 Å². The maximum absolute atomic E-state index is 6.21. The standard InChI is InChI=1S/C17H27NOS2/c1-3-7-18-15(16-13(2)5-9-21-16)14-4-8-19-17(11-14)6-10-20-12-17/h5,9,14-15,18H,3-4,6-8,10-12H2,1-2H3. The molecule has 3 atom stereocenters. The van der Waals surface area contributed by atoms with Gasteiger partial charge in [0.25, 0.3) is 0 Å². The van der Waals surface area contributed by atoms with E-state index in [2.05, 4.69) is 42.4 Å². The summed E-state index contributed by atoms with van der Waals surface area (Å²) in [6, 6.07) is 2.79. The van der Waals surface area contributed by atoms with E-state index in [1.807, 2.05) is 11.3 Å². The van der Waals surface area contributed by atoms with Gasteiger partial charge in [-0.3, -0.25) is 0 Å². The molecule has 118 valence electrons. The first-order valence-corrected chi connectivity index (χ1v) is 10.3. The topological polar surface area (TPSA) is 21.3 Å². The highest BCUT2D eigenvalue weighted by molar-refractivity contribution is 7.99. The largest absolute Gasteiger partial charge is 0.374 e. The molecular weight excluding hydrogens is 298 g/mol. The quantitative estimate of drug-likeness (QED) is 0.867. The summed E-state index contributed by atoms with van der Waals surface area (Å²) < 4.78 is 6.21. The Hall–Kier alpha value is -0.0300. The third kappa shape index (κ3) is 3.49. The summed E-state index contributed by atoms with van der Waals surface area (Å²) >= 11 is 3.99. The lowest BCUT2D eigenvalue weighted by Crippen LogP contribution is -2.43. The highest BCUT2D eigenvalue weighted by atomic mass is 32.2. The monoisotopic (exact) mass is 325 g/mol. The lowest BCUT2D eigenvalue weighted by atomic mass is 9.80. The molecule has 0 amide bonds. The van der Waals surface area contributed by atoms with Crippen LogP contribution in [0.2, 0.25) is 0 Å². The third-order valence-electron chi connectivity index (χ3n) is 4.87. The van der Waals surface area contributed by atoms with E-state index in [9.17, 15) is 0 Å². The Balaban J connectivity index is 1.77. The average Bonchev–Trinajstić information content (AvgIpc) is 3.10. The van der Waals surface area contributed by atoms with E-state index in [1.54, 1.807) is 4.88 Å². The number of ether oxygens (including phenoxy) is 1. The van der Waals surface area contributed by atoms with E-state index in [4.69, 9.17) is 4.74 Å². The molecule has 1 aromatic heterocycles. The molecule has 3 rings (SSSR count). The van der Waals surface area contributed by atoms with Crippen molar-refractivity contribution in [3.8, 4) is 0 Å². The fourth-order valence-corrected chi connectivity index (χ4v) is 6.16. The Morgan fingerprint density at radius 2 is 2.43 bits per heavy atom. The molecule has 3 unspecified atom stereocenters. The van der Waals surface area contributed by atoms with Crippen molar-refractivity contribution in [3.05, 3.63) is 21.9 Å². The molecule has 2 fully saturated rings. The zero-order valence-electron chi connectivity index (χ0n) is 13.2. The molecule has 2 nitrogen and oxygen atoms in total. The predicted octanol–water partition coefficient (Wildman–Crippen LogP) is 4.40. The van der Waals surface area contributed by atoms with E-state index >= 15 is 0 Å². The molecule has 3 heterocycles. The van der Waals surface area contributed by atoms with Gasteiger partial charge in [-0.25, -0.2) is 0 Å². The highest BCUT2D eigenvalue weighted by Gasteiger charge is 2.43. The molecule has 2 saturated heterocycles. The van der Waals surface area contributed by atoms with Crippen LogP contribution >= 0.6 is 23.1 Å². The summed E-state index contributed by atoms with van der Waals surface area (Å²) in [6.45, 7) is 6.57. The van der Waals surface area contributed by atoms with Gasteiger partial charge >= 0.3 is 0 Å². The number of aryl methyl sites for hydroxylation is 1. The number of thiophene rings is 1. The second-order valence-electron chi connectivity index (χ2n) is 6.49. The molecule has 2 aliphatic rings. The van der Waals surface area contributed by atoms with Gasteiger partial charge < -0.3 is 10.1 Å². The van der Waals surface area contributed by atoms with E-state index in [1.165, 1.54) is 42.8 Å². The zero-order chi connectivity index (χ0) is 14.7. The van der Waals surface area contributed by atoms with Gasteiger partial charge in [-0.05, 0) is 67.8 Å². The smallest absolute Gasteiger partial charge is 0.0783 e. The molecule has 0 bridgehead atoms. The summed E-state index contributed by atoms with van der Waals surface area (Å²) in [6.07, 6.45) is 4.88. The minimum Gasteiger partial charge on any atom is -0.374 e. The first-order chi connectivity index (χ1) is 10.2. The fourth-order valence-electron chi connectivity index (χ4n) is 3.69. The van der Waals surface area contributed by atoms with Gasteiger partial charge in [-0.1, -0.05) is 6.92 Å². The Bertz CT molecular complexity index is 453. The van der Waals surface area contributed by atoms with Crippen molar-refractivity contribution in [3.63, 3.8) is 0 Å². The number of rotatable bonds is 5. The SMILES string of the molecule is CCCNC(c1sccc1C)C1CCOC2(CCSC2)C1. The lowest BCUT2D eigenvalue weighted by Gasteiger charge is -2.41. The second kappa shape index (κ2) is 7.03. The molecule has 1 aromatic rings. The molecule has 1 spiro atoms. The lowest BCUT2D eigenvalue weighted by molar-refractivity contribution is -0.0852. The van der Waals surface area contributed by atoms with Gasteiger partial charge in [0.2, 0.25) is 0 Å². The summed E-state index contributed by atoms with van der Waals surface area (Å²) in [5.41, 5.74) is 1.64. The van der Waals surface area contributed by atoms with E-state index in [-0.39, 0.29) is 5.60 Å². The van der Waals surface area contributed by atoms with E-state index in [0.29, 0.717) is 6.04 Å². The third-order valence-corrected chi connectivity index (χ3v) is 7.19. The Kier molecular flexibility index (Phi) is 5.31. The van der Waals surface area contributed by atoms with Crippen molar-refractivity contribution in [2.45, 2.75) is 51.2 Å². The second-order valence-corrected chi connectivity index (χ2v) is 8.54. The normalized spacial score (nSPS) is 30.9. The van der Waals surface area contributed by atoms with Crippen LogP contribution in [0.1, 0.15) is 49.1 Å². The van der Waals surface area contributed by atoms with Crippen molar-refractivity contribution in [1.82, 2.24) is 5.32 Å². The van der Waals surface area contributed by atoms with Crippen LogP contribution in [0.3, 0.4) is 0 Å². The van der Waals surface area contributed by atoms with Gasteiger partial charge in [0, 0.05) is 23.3 Å². The Morgan fingerprint density at radius 3 is 3.10 bits per heavy atom. The molecule has 0 saturated carbocycles. The first kappa shape index (κ1) is 15.9. The van der Waals surface area contributed by atoms with E-state index in [0.717, 1.165) is 19.1 Å². The van der Waals surface area contributed by atoms with Crippen molar-refractivity contribution in [2.24, 2.45) is 5.92 Å². The van der Waals surface area contributed by atoms with Crippen molar-refractivity contribution in [1.29, 1.82) is 0 Å². The van der Waals surface area contributed by atoms with Crippen LogP contribution in [-0.4, -0.2) is 30.3 Å². The molecule has 0 aromatic carbocycles. The van der Waals surface area contributed by atoms with Crippen LogP contribution in [0.15, 0.2) is 11.4 Å². The number of thioether (sulfide) groups is 1. The van der Waals surface area contributed by atoms with Crippen molar-refractivity contribution < 1.29 is 4.74 Å². The van der Waals surface area contributed by atoms with E-state index < -0.39 is 0 Å². The summed E-state index contributed by atoms with van der Waals surface area (Å²) in [5.74, 6) is 3.20. The van der Waals surface area contributed by atoms with Crippen LogP contribution < -0.4 is 5.32 Å². The molecule has 2 aliphatic heterocycles. The molecule has 21 heavy (non-hydrogen) atoms. The molecule has 0 radical (unpaired) electrons. The van der Waals surface area contributed by atoms with Crippen LogP contribution in [0, 0.1) is 12.8 Å². The Morgan fingerprint density at radius 1 is 1.52 bits per heavy atom. The van der Waals surface area contributed by atoms with Crippen LogP contribution in [-0.2, 0) is 4.74 Å². The van der Waals surface area contributed by atoms with Crippen molar-refractivity contribution >= 4 is 23.1 Å². The predicted molar refractivity (Wildman–Crippen MR) is 93.4 cm³/mol. The molecule has 4 heteroatoms. The number of nitrogens with one attached hydrogen (secondary N) is 1. The first-order valence-electron chi connectivity index (χ1n) is 8.23. The van der Waals surface area contributed by atoms with Gasteiger partial charge in [-0.2, -0.15) is 11.8 Å². The zero-order valence-corrected chi connectivity index (χ0v) is 14.8. The van der Waals surface area contributed by atoms with Gasteiger partial charge in [0.15, 0.2) is 0 Å². The molecule has 1 N–H and O–H groups in total. The average molecular weight is 326 g/mol. The van der Waals surface area contributed by atoms with Crippen molar-refractivity contribution in [2.75, 3.05) is 24.7 Å². The fraction of sp³-hybridized carbons (Fsp3) is 0.765. The van der Waals surface area contributed by atoms with Gasteiger partial charge in [-0.15, -0.1) is 11.3 Å². The minimum absolute atomic E-state index is 0.185. The minimum atomic E-state index is 0.185. The summed E-state index contributed by atoms with van der Waals surface area (Å²) in [5, 5.41) is 6.08.